The lowest BCUT2D eigenvalue weighted by Gasteiger charge is -2.23. The maximum absolute atomic E-state index is 12.2. The second-order valence-corrected chi connectivity index (χ2v) is 4.50. The molecule has 0 N–H and O–H groups in total. The predicted molar refractivity (Wildman–Crippen MR) is 71.2 cm³/mol. The number of carbonyl (C=O) groups excluding carboxylic acids is 1. The summed E-state index contributed by atoms with van der Waals surface area (Å²) in [5, 5.41) is 0.650. The first-order valence-corrected chi connectivity index (χ1v) is 6.02. The molecule has 18 heavy (non-hydrogen) atoms. The number of hydrogen-bond donors (Lipinski definition) is 0. The second kappa shape index (κ2) is 6.95. The smallest absolute Gasteiger partial charge is 0.256 e. The van der Waals surface area contributed by atoms with Gasteiger partial charge in [-0.25, -0.2) is 0 Å². The number of likely N-dealkylation sites (N-methyl/N-ethyl adjacent to an activating group) is 1. The summed E-state index contributed by atoms with van der Waals surface area (Å²) in [5.74, 6) is -0.273. The van der Waals surface area contributed by atoms with Crippen molar-refractivity contribution in [1.29, 1.82) is 0 Å². The van der Waals surface area contributed by atoms with E-state index in [9.17, 15) is 4.79 Å². The van der Waals surface area contributed by atoms with Crippen LogP contribution in [0, 0.1) is 0 Å². The first kappa shape index (κ1) is 15.2. The number of ether oxygens (including phenoxy) is 2. The second-order valence-electron chi connectivity index (χ2n) is 3.68. The summed E-state index contributed by atoms with van der Waals surface area (Å²) in [5.41, 5.74) is 0.286. The molecule has 1 aromatic rings. The van der Waals surface area contributed by atoms with E-state index < -0.39 is 6.29 Å². The normalized spacial score (nSPS) is 10.8. The van der Waals surface area contributed by atoms with Gasteiger partial charge in [0.15, 0.2) is 6.29 Å². The van der Waals surface area contributed by atoms with Gasteiger partial charge < -0.3 is 14.4 Å². The van der Waals surface area contributed by atoms with Crippen molar-refractivity contribution in [2.45, 2.75) is 6.29 Å². The maximum atomic E-state index is 12.2. The van der Waals surface area contributed by atoms with E-state index in [1.807, 2.05) is 0 Å². The number of amides is 1. The third-order valence-electron chi connectivity index (χ3n) is 2.47. The minimum atomic E-state index is -0.486. The first-order chi connectivity index (χ1) is 8.51. The van der Waals surface area contributed by atoms with E-state index >= 15 is 0 Å². The van der Waals surface area contributed by atoms with Crippen molar-refractivity contribution in [2.75, 3.05) is 27.8 Å². The lowest BCUT2D eigenvalue weighted by atomic mass is 10.2. The molecule has 0 heterocycles. The number of halogens is 2. The van der Waals surface area contributed by atoms with E-state index in [2.05, 4.69) is 0 Å². The molecule has 1 aromatic carbocycles. The Hall–Kier alpha value is -0.810. The Bertz CT molecular complexity index is 402. The molecule has 0 fully saturated rings. The fourth-order valence-corrected chi connectivity index (χ4v) is 2.00. The van der Waals surface area contributed by atoms with Gasteiger partial charge in [-0.1, -0.05) is 29.3 Å². The van der Waals surface area contributed by atoms with Crippen LogP contribution in [0.25, 0.3) is 0 Å². The molecule has 0 bridgehead atoms. The summed E-state index contributed by atoms with van der Waals surface area (Å²) in [6.07, 6.45) is -0.486. The highest BCUT2D eigenvalue weighted by Gasteiger charge is 2.20. The predicted octanol–water partition coefficient (Wildman–Crippen LogP) is 2.68. The Kier molecular flexibility index (Phi) is 5.88. The molecule has 1 rings (SSSR count). The summed E-state index contributed by atoms with van der Waals surface area (Å²) < 4.78 is 10.1. The van der Waals surface area contributed by atoms with Crippen LogP contribution in [0.4, 0.5) is 0 Å². The topological polar surface area (TPSA) is 38.8 Å². The number of nitrogens with zero attached hydrogens (tertiary/aromatic N) is 1. The Balaban J connectivity index is 2.87. The Morgan fingerprint density at radius 2 is 1.78 bits per heavy atom. The number of rotatable bonds is 5. The van der Waals surface area contributed by atoms with E-state index in [-0.39, 0.29) is 18.0 Å². The van der Waals surface area contributed by atoms with E-state index in [1.165, 1.54) is 19.1 Å². The molecule has 4 nitrogen and oxygen atoms in total. The number of carbonyl (C=O) groups is 1. The Morgan fingerprint density at radius 3 is 2.22 bits per heavy atom. The van der Waals surface area contributed by atoms with Gasteiger partial charge in [-0.3, -0.25) is 4.79 Å². The van der Waals surface area contributed by atoms with Crippen molar-refractivity contribution in [2.24, 2.45) is 0 Å². The zero-order valence-corrected chi connectivity index (χ0v) is 12.0. The van der Waals surface area contributed by atoms with Gasteiger partial charge in [-0.2, -0.15) is 0 Å². The molecule has 1 amide bonds. The van der Waals surface area contributed by atoms with Gasteiger partial charge in [-0.05, 0) is 12.1 Å². The van der Waals surface area contributed by atoms with Crippen LogP contribution in [-0.2, 0) is 9.47 Å². The van der Waals surface area contributed by atoms with Crippen LogP contribution in [-0.4, -0.2) is 44.9 Å². The van der Waals surface area contributed by atoms with Crippen LogP contribution < -0.4 is 0 Å². The molecule has 0 spiro atoms. The number of benzene rings is 1. The van der Waals surface area contributed by atoms with Crippen molar-refractivity contribution in [3.63, 3.8) is 0 Å². The van der Waals surface area contributed by atoms with Gasteiger partial charge in [0.05, 0.1) is 22.2 Å². The molecule has 0 aliphatic carbocycles. The molecule has 0 atom stereocenters. The fraction of sp³-hybridized carbons (Fsp3) is 0.417. The highest BCUT2D eigenvalue weighted by Crippen LogP contribution is 2.25. The van der Waals surface area contributed by atoms with Crippen LogP contribution in [0.3, 0.4) is 0 Å². The first-order valence-electron chi connectivity index (χ1n) is 5.26. The van der Waals surface area contributed by atoms with Crippen LogP contribution in [0.5, 0.6) is 0 Å². The van der Waals surface area contributed by atoms with Gasteiger partial charge >= 0.3 is 0 Å². The summed E-state index contributed by atoms with van der Waals surface area (Å²) in [4.78, 5) is 13.6. The van der Waals surface area contributed by atoms with Gasteiger partial charge in [0.1, 0.15) is 0 Å². The van der Waals surface area contributed by atoms with Crippen molar-refractivity contribution < 1.29 is 14.3 Å². The van der Waals surface area contributed by atoms with E-state index in [1.54, 1.807) is 25.2 Å². The summed E-state index contributed by atoms with van der Waals surface area (Å²) >= 11 is 12.0. The minimum absolute atomic E-state index is 0.273. The standard InChI is InChI=1S/C12H15Cl2NO3/c1-15(7-10(17-2)18-3)12(16)11-8(13)5-4-6-9(11)14/h4-6,10H,7H2,1-3H3. The van der Waals surface area contributed by atoms with Gasteiger partial charge in [0.2, 0.25) is 0 Å². The molecule has 0 saturated heterocycles. The summed E-state index contributed by atoms with van der Waals surface area (Å²) in [6, 6.07) is 4.94. The Morgan fingerprint density at radius 1 is 1.28 bits per heavy atom. The highest BCUT2D eigenvalue weighted by molar-refractivity contribution is 6.39. The molecular weight excluding hydrogens is 277 g/mol. The number of methoxy groups -OCH3 is 2. The van der Waals surface area contributed by atoms with Crippen LogP contribution in [0.2, 0.25) is 10.0 Å². The molecular formula is C12H15Cl2NO3. The SMILES string of the molecule is COC(CN(C)C(=O)c1c(Cl)cccc1Cl)OC. The minimum Gasteiger partial charge on any atom is -0.354 e. The van der Waals surface area contributed by atoms with E-state index in [0.29, 0.717) is 10.0 Å². The third-order valence-corrected chi connectivity index (χ3v) is 3.10. The molecule has 0 unspecified atom stereocenters. The highest BCUT2D eigenvalue weighted by atomic mass is 35.5. The molecule has 0 aliphatic rings. The van der Waals surface area contributed by atoms with Crippen LogP contribution >= 0.6 is 23.2 Å². The molecule has 0 radical (unpaired) electrons. The van der Waals surface area contributed by atoms with E-state index in [4.69, 9.17) is 32.7 Å². The average molecular weight is 292 g/mol. The monoisotopic (exact) mass is 291 g/mol. The zero-order valence-electron chi connectivity index (χ0n) is 10.4. The summed E-state index contributed by atoms with van der Waals surface area (Å²) in [7, 11) is 4.65. The number of hydrogen-bond acceptors (Lipinski definition) is 3. The van der Waals surface area contributed by atoms with Crippen molar-refractivity contribution in [3.05, 3.63) is 33.8 Å². The lowest BCUT2D eigenvalue weighted by molar-refractivity contribution is -0.110. The third kappa shape index (κ3) is 3.59. The van der Waals surface area contributed by atoms with Crippen molar-refractivity contribution in [1.82, 2.24) is 4.90 Å². The van der Waals surface area contributed by atoms with Crippen LogP contribution in [0.15, 0.2) is 18.2 Å². The molecule has 0 saturated carbocycles. The van der Waals surface area contributed by atoms with Gasteiger partial charge in [-0.15, -0.1) is 0 Å². The lowest BCUT2D eigenvalue weighted by Crippen LogP contribution is -2.36. The molecule has 0 aromatic heterocycles. The molecule has 0 aliphatic heterocycles. The average Bonchev–Trinajstić information content (AvgIpc) is 2.35. The largest absolute Gasteiger partial charge is 0.354 e. The van der Waals surface area contributed by atoms with Crippen molar-refractivity contribution >= 4 is 29.1 Å². The molecule has 100 valence electrons. The zero-order chi connectivity index (χ0) is 13.7. The van der Waals surface area contributed by atoms with Gasteiger partial charge in [0.25, 0.3) is 5.91 Å². The quantitative estimate of drug-likeness (QED) is 0.783. The Labute approximate surface area is 116 Å². The van der Waals surface area contributed by atoms with Crippen molar-refractivity contribution in [3.8, 4) is 0 Å². The summed E-state index contributed by atoms with van der Waals surface area (Å²) in [6.45, 7) is 0.285. The fourth-order valence-electron chi connectivity index (χ4n) is 1.44. The van der Waals surface area contributed by atoms with Gasteiger partial charge in [0, 0.05) is 21.3 Å². The van der Waals surface area contributed by atoms with E-state index in [0.717, 1.165) is 0 Å². The molecule has 6 heteroatoms. The van der Waals surface area contributed by atoms with Crippen LogP contribution in [0.1, 0.15) is 10.4 Å². The maximum Gasteiger partial charge on any atom is 0.256 e.